The van der Waals surface area contributed by atoms with Crippen molar-refractivity contribution in [3.8, 4) is 0 Å². The molecule has 0 bridgehead atoms. The van der Waals surface area contributed by atoms with E-state index in [0.717, 1.165) is 44.1 Å². The summed E-state index contributed by atoms with van der Waals surface area (Å²) < 4.78 is 16.8. The standard InChI is InChI=1S/C13H21NO3/c1-10-11(8-14-2)7-13(17-10)9-16-12-3-5-15-6-4-12/h7,12,14H,3-6,8-9H2,1-2H3. The van der Waals surface area contributed by atoms with Gasteiger partial charge in [-0.1, -0.05) is 0 Å². The zero-order valence-electron chi connectivity index (χ0n) is 10.6. The maximum Gasteiger partial charge on any atom is 0.130 e. The van der Waals surface area contributed by atoms with Gasteiger partial charge in [0.05, 0.1) is 6.10 Å². The van der Waals surface area contributed by atoms with Gasteiger partial charge in [0, 0.05) is 25.3 Å². The highest BCUT2D eigenvalue weighted by Gasteiger charge is 2.15. The Bertz CT molecular complexity index is 342. The second-order valence-corrected chi connectivity index (χ2v) is 4.45. The van der Waals surface area contributed by atoms with E-state index in [0.29, 0.717) is 12.7 Å². The van der Waals surface area contributed by atoms with E-state index >= 15 is 0 Å². The third-order valence-corrected chi connectivity index (χ3v) is 3.07. The molecule has 1 aliphatic heterocycles. The molecule has 2 rings (SSSR count). The van der Waals surface area contributed by atoms with Crippen molar-refractivity contribution < 1.29 is 13.9 Å². The first-order valence-corrected chi connectivity index (χ1v) is 6.21. The molecular formula is C13H21NO3. The van der Waals surface area contributed by atoms with Gasteiger partial charge in [-0.15, -0.1) is 0 Å². The van der Waals surface area contributed by atoms with Gasteiger partial charge in [-0.3, -0.25) is 0 Å². The predicted octanol–water partition coefficient (Wildman–Crippen LogP) is 2.00. The quantitative estimate of drug-likeness (QED) is 0.853. The fraction of sp³-hybridized carbons (Fsp3) is 0.692. The fourth-order valence-corrected chi connectivity index (χ4v) is 2.07. The largest absolute Gasteiger partial charge is 0.464 e. The van der Waals surface area contributed by atoms with Gasteiger partial charge in [-0.05, 0) is 32.9 Å². The second kappa shape index (κ2) is 6.19. The molecule has 4 heteroatoms. The molecule has 0 saturated carbocycles. The molecule has 0 aliphatic carbocycles. The molecule has 1 N–H and O–H groups in total. The maximum atomic E-state index is 5.82. The Hall–Kier alpha value is -0.840. The number of nitrogens with one attached hydrogen (secondary N) is 1. The molecule has 1 aromatic rings. The van der Waals surface area contributed by atoms with Crippen LogP contribution in [-0.4, -0.2) is 26.4 Å². The average Bonchev–Trinajstić information content (AvgIpc) is 2.70. The summed E-state index contributed by atoms with van der Waals surface area (Å²) in [5, 5.41) is 3.13. The molecule has 0 spiro atoms. The van der Waals surface area contributed by atoms with E-state index < -0.39 is 0 Å². The van der Waals surface area contributed by atoms with Crippen molar-refractivity contribution in [1.29, 1.82) is 0 Å². The number of ether oxygens (including phenoxy) is 2. The lowest BCUT2D eigenvalue weighted by Crippen LogP contribution is -2.23. The number of hydrogen-bond acceptors (Lipinski definition) is 4. The third-order valence-electron chi connectivity index (χ3n) is 3.07. The Kier molecular flexibility index (Phi) is 4.59. The van der Waals surface area contributed by atoms with Crippen molar-refractivity contribution in [2.24, 2.45) is 0 Å². The van der Waals surface area contributed by atoms with Crippen molar-refractivity contribution in [2.45, 2.75) is 39.0 Å². The lowest BCUT2D eigenvalue weighted by molar-refractivity contribution is -0.0435. The van der Waals surface area contributed by atoms with Crippen LogP contribution in [0.4, 0.5) is 0 Å². The van der Waals surface area contributed by atoms with Gasteiger partial charge in [0.25, 0.3) is 0 Å². The van der Waals surface area contributed by atoms with Crippen LogP contribution in [-0.2, 0) is 22.6 Å². The zero-order valence-corrected chi connectivity index (χ0v) is 10.6. The molecule has 17 heavy (non-hydrogen) atoms. The summed E-state index contributed by atoms with van der Waals surface area (Å²) >= 11 is 0. The van der Waals surface area contributed by atoms with E-state index in [1.54, 1.807) is 0 Å². The Balaban J connectivity index is 1.83. The van der Waals surface area contributed by atoms with Crippen molar-refractivity contribution in [3.05, 3.63) is 23.2 Å². The van der Waals surface area contributed by atoms with Gasteiger partial charge >= 0.3 is 0 Å². The van der Waals surface area contributed by atoms with Gasteiger partial charge in [-0.2, -0.15) is 0 Å². The molecule has 1 aliphatic rings. The molecule has 0 radical (unpaired) electrons. The van der Waals surface area contributed by atoms with E-state index in [1.165, 1.54) is 5.56 Å². The Morgan fingerprint density at radius 1 is 1.41 bits per heavy atom. The highest BCUT2D eigenvalue weighted by molar-refractivity contribution is 5.20. The molecule has 0 atom stereocenters. The Labute approximate surface area is 102 Å². The van der Waals surface area contributed by atoms with E-state index in [4.69, 9.17) is 13.9 Å². The van der Waals surface area contributed by atoms with Crippen LogP contribution in [0.15, 0.2) is 10.5 Å². The van der Waals surface area contributed by atoms with E-state index in [2.05, 4.69) is 11.4 Å². The van der Waals surface area contributed by atoms with Crippen molar-refractivity contribution in [3.63, 3.8) is 0 Å². The molecule has 0 aromatic carbocycles. The number of rotatable bonds is 5. The summed E-state index contributed by atoms with van der Waals surface area (Å²) in [6, 6.07) is 2.07. The van der Waals surface area contributed by atoms with Gasteiger partial charge in [0.1, 0.15) is 18.1 Å². The number of hydrogen-bond donors (Lipinski definition) is 1. The summed E-state index contributed by atoms with van der Waals surface area (Å²) in [5.41, 5.74) is 1.21. The van der Waals surface area contributed by atoms with Gasteiger partial charge in [-0.25, -0.2) is 0 Å². The van der Waals surface area contributed by atoms with Gasteiger partial charge < -0.3 is 19.2 Å². The minimum absolute atomic E-state index is 0.321. The summed E-state index contributed by atoms with van der Waals surface area (Å²) in [5.74, 6) is 1.89. The third kappa shape index (κ3) is 3.56. The van der Waals surface area contributed by atoms with Gasteiger partial charge in [0.2, 0.25) is 0 Å². The maximum absolute atomic E-state index is 5.82. The summed E-state index contributed by atoms with van der Waals surface area (Å²) in [7, 11) is 1.94. The highest BCUT2D eigenvalue weighted by Crippen LogP contribution is 2.18. The molecule has 1 fully saturated rings. The predicted molar refractivity (Wildman–Crippen MR) is 64.8 cm³/mol. The summed E-state index contributed by atoms with van der Waals surface area (Å²) in [6.07, 6.45) is 2.30. The van der Waals surface area contributed by atoms with Crippen LogP contribution in [0.2, 0.25) is 0 Å². The van der Waals surface area contributed by atoms with Crippen LogP contribution in [0.25, 0.3) is 0 Å². The van der Waals surface area contributed by atoms with Gasteiger partial charge in [0.15, 0.2) is 0 Å². The van der Waals surface area contributed by atoms with Crippen LogP contribution in [0, 0.1) is 6.92 Å². The first kappa shape index (κ1) is 12.6. The summed E-state index contributed by atoms with van der Waals surface area (Å²) in [4.78, 5) is 0. The van der Waals surface area contributed by atoms with Crippen LogP contribution >= 0.6 is 0 Å². The van der Waals surface area contributed by atoms with E-state index in [-0.39, 0.29) is 0 Å². The SMILES string of the molecule is CNCc1cc(COC2CCOCC2)oc1C. The Morgan fingerprint density at radius 3 is 2.88 bits per heavy atom. The van der Waals surface area contributed by atoms with Crippen LogP contribution in [0.1, 0.15) is 29.9 Å². The molecule has 1 aromatic heterocycles. The molecule has 1 saturated heterocycles. The first-order valence-electron chi connectivity index (χ1n) is 6.21. The van der Waals surface area contributed by atoms with Crippen LogP contribution < -0.4 is 5.32 Å². The molecule has 96 valence electrons. The van der Waals surface area contributed by atoms with Crippen molar-refractivity contribution >= 4 is 0 Å². The molecular weight excluding hydrogens is 218 g/mol. The molecule has 0 unspecified atom stereocenters. The minimum Gasteiger partial charge on any atom is -0.464 e. The summed E-state index contributed by atoms with van der Waals surface area (Å²) in [6.45, 7) is 5.02. The molecule has 4 nitrogen and oxygen atoms in total. The smallest absolute Gasteiger partial charge is 0.130 e. The average molecular weight is 239 g/mol. The highest BCUT2D eigenvalue weighted by atomic mass is 16.5. The normalized spacial score (nSPS) is 17.5. The lowest BCUT2D eigenvalue weighted by atomic mass is 10.1. The zero-order chi connectivity index (χ0) is 12.1. The fourth-order valence-electron chi connectivity index (χ4n) is 2.07. The lowest BCUT2D eigenvalue weighted by Gasteiger charge is -2.21. The topological polar surface area (TPSA) is 43.6 Å². The van der Waals surface area contributed by atoms with Crippen LogP contribution in [0.5, 0.6) is 0 Å². The van der Waals surface area contributed by atoms with Crippen molar-refractivity contribution in [1.82, 2.24) is 5.32 Å². The number of aryl methyl sites for hydroxylation is 1. The Morgan fingerprint density at radius 2 is 2.18 bits per heavy atom. The monoisotopic (exact) mass is 239 g/mol. The first-order chi connectivity index (χ1) is 8.29. The second-order valence-electron chi connectivity index (χ2n) is 4.45. The molecule has 2 heterocycles. The van der Waals surface area contributed by atoms with E-state index in [1.807, 2.05) is 14.0 Å². The molecule has 0 amide bonds. The van der Waals surface area contributed by atoms with E-state index in [9.17, 15) is 0 Å². The van der Waals surface area contributed by atoms with Crippen LogP contribution in [0.3, 0.4) is 0 Å². The van der Waals surface area contributed by atoms with Crippen molar-refractivity contribution in [2.75, 3.05) is 20.3 Å². The minimum atomic E-state index is 0.321. The number of furan rings is 1.